The fraction of sp³-hybridized carbons (Fsp3) is 0.969. The number of quaternary nitrogens is 1. The number of aliphatic hydroxyl groups excluding tert-OH is 3. The number of nitrogens with zero attached hydrogens (tertiary/aromatic N) is 1. The first kappa shape index (κ1) is 34.1. The lowest BCUT2D eigenvalue weighted by atomic mass is 9.43. The van der Waals surface area contributed by atoms with Crippen LogP contribution >= 0.6 is 0 Å². The molecular formula is C32H59N2O7S+. The molecule has 10 heteroatoms. The molecule has 5 N–H and O–H groups in total. The molecule has 0 aromatic rings. The zero-order valence-corrected chi connectivity index (χ0v) is 27.5. The Hall–Kier alpha value is -0.780. The van der Waals surface area contributed by atoms with Gasteiger partial charge in [-0.05, 0) is 97.7 Å². The summed E-state index contributed by atoms with van der Waals surface area (Å²) in [6.45, 7) is 8.87. The van der Waals surface area contributed by atoms with E-state index in [4.69, 9.17) is 4.55 Å². The Morgan fingerprint density at radius 3 is 2.38 bits per heavy atom. The Morgan fingerprint density at radius 1 is 1.00 bits per heavy atom. The highest BCUT2D eigenvalue weighted by molar-refractivity contribution is 7.85. The smallest absolute Gasteiger partial charge is 0.265 e. The molecule has 1 amide bonds. The van der Waals surface area contributed by atoms with Crippen molar-refractivity contribution in [1.82, 2.24) is 5.32 Å². The van der Waals surface area contributed by atoms with Gasteiger partial charge in [0.05, 0.1) is 51.2 Å². The number of hydrogen-bond acceptors (Lipinski definition) is 6. The maximum Gasteiger partial charge on any atom is 0.265 e. The first-order chi connectivity index (χ1) is 19.5. The maximum atomic E-state index is 12.7. The van der Waals surface area contributed by atoms with Gasteiger partial charge in [0.2, 0.25) is 5.91 Å². The summed E-state index contributed by atoms with van der Waals surface area (Å²) >= 11 is 0. The normalized spacial score (nSPS) is 41.0. The molecular weight excluding hydrogens is 556 g/mol. The van der Waals surface area contributed by atoms with E-state index in [1.54, 1.807) is 0 Å². The second-order valence-corrected chi connectivity index (χ2v) is 17.3. The molecule has 0 aliphatic heterocycles. The molecule has 0 aromatic carbocycles. The van der Waals surface area contributed by atoms with Gasteiger partial charge in [0.1, 0.15) is 0 Å². The van der Waals surface area contributed by atoms with Gasteiger partial charge < -0.3 is 25.1 Å². The Balaban J connectivity index is 1.27. The summed E-state index contributed by atoms with van der Waals surface area (Å²) < 4.78 is 31.5. The van der Waals surface area contributed by atoms with Gasteiger partial charge in [-0.25, -0.2) is 0 Å². The summed E-state index contributed by atoms with van der Waals surface area (Å²) in [5.41, 5.74) is -0.185. The van der Waals surface area contributed by atoms with E-state index in [2.05, 4.69) is 26.1 Å². The minimum Gasteiger partial charge on any atom is -0.393 e. The third-order valence-electron chi connectivity index (χ3n) is 12.8. The third-order valence-corrected chi connectivity index (χ3v) is 13.6. The molecule has 4 saturated carbocycles. The van der Waals surface area contributed by atoms with Crippen molar-refractivity contribution in [1.29, 1.82) is 0 Å². The third kappa shape index (κ3) is 7.20. The lowest BCUT2D eigenvalue weighted by Gasteiger charge is -2.63. The predicted molar refractivity (Wildman–Crippen MR) is 163 cm³/mol. The van der Waals surface area contributed by atoms with E-state index in [1.807, 2.05) is 14.1 Å². The van der Waals surface area contributed by atoms with Crippen molar-refractivity contribution in [2.75, 3.05) is 39.5 Å². The second kappa shape index (κ2) is 12.9. The summed E-state index contributed by atoms with van der Waals surface area (Å²) in [5, 5.41) is 36.6. The van der Waals surface area contributed by atoms with Crippen LogP contribution in [0.25, 0.3) is 0 Å². The molecule has 0 bridgehead atoms. The van der Waals surface area contributed by atoms with Crippen molar-refractivity contribution < 1.29 is 37.6 Å². The van der Waals surface area contributed by atoms with Crippen LogP contribution in [0.3, 0.4) is 0 Å². The van der Waals surface area contributed by atoms with E-state index in [0.717, 1.165) is 64.3 Å². The first-order valence-electron chi connectivity index (χ1n) is 16.6. The predicted octanol–water partition coefficient (Wildman–Crippen LogP) is 3.22. The molecule has 1 unspecified atom stereocenters. The van der Waals surface area contributed by atoms with Gasteiger partial charge in [-0.2, -0.15) is 8.42 Å². The van der Waals surface area contributed by atoms with Crippen molar-refractivity contribution in [2.45, 2.75) is 110 Å². The summed E-state index contributed by atoms with van der Waals surface area (Å²) in [4.78, 5) is 12.7. The lowest BCUT2D eigenvalue weighted by Crippen LogP contribution is -2.62. The van der Waals surface area contributed by atoms with Crippen LogP contribution in [-0.4, -0.2) is 96.5 Å². The molecule has 4 rings (SSSR count). The van der Waals surface area contributed by atoms with Gasteiger partial charge in [-0.1, -0.05) is 20.8 Å². The molecule has 244 valence electrons. The average molecular weight is 616 g/mol. The van der Waals surface area contributed by atoms with Gasteiger partial charge in [-0.15, -0.1) is 0 Å². The molecule has 0 aromatic heterocycles. The quantitative estimate of drug-likeness (QED) is 0.129. The molecule has 11 atom stereocenters. The SMILES string of the molecule is C[C@@H](CCC(=O)NCCC[N+](C)(C)CCCS(=O)(=O)O)[C@H]1CC[C@@H]2[C@@H]3C(C[C@H](O)[C@@]21C)[C@@]1(C)CC[C@@H](O)C[C@H]1C[C@H]3O. The van der Waals surface area contributed by atoms with Crippen LogP contribution in [0.5, 0.6) is 0 Å². The fourth-order valence-electron chi connectivity index (χ4n) is 10.3. The topological polar surface area (TPSA) is 144 Å². The van der Waals surface area contributed by atoms with Gasteiger partial charge in [-0.3, -0.25) is 9.35 Å². The molecule has 42 heavy (non-hydrogen) atoms. The summed E-state index contributed by atoms with van der Waals surface area (Å²) in [7, 11) is 0.114. The first-order valence-corrected chi connectivity index (χ1v) is 18.2. The second-order valence-electron chi connectivity index (χ2n) is 15.8. The molecule has 4 fully saturated rings. The van der Waals surface area contributed by atoms with Crippen molar-refractivity contribution in [2.24, 2.45) is 46.3 Å². The molecule has 0 saturated heterocycles. The van der Waals surface area contributed by atoms with Crippen LogP contribution in [0, 0.1) is 46.3 Å². The largest absolute Gasteiger partial charge is 0.393 e. The standard InChI is InChI=1S/C32H58N2O7S/c1-21(8-11-29(38)33-14-6-15-34(4,5)16-7-17-42(39,40)41)24-9-10-25-30-26(20-28(37)32(24,25)3)31(2)13-12-23(35)18-22(31)19-27(30)36/h21-28,30,35-37H,6-20H2,1-5H3,(H-,33,38,39,40,41)/p+1/t21-,22-,23+,24+,25+,26?,27+,28-,30+,31-,32+/m0/s1. The molecule has 0 heterocycles. The van der Waals surface area contributed by atoms with Crippen molar-refractivity contribution >= 4 is 16.0 Å². The zero-order valence-electron chi connectivity index (χ0n) is 26.7. The number of aliphatic hydroxyl groups is 3. The van der Waals surface area contributed by atoms with E-state index in [-0.39, 0.29) is 52.5 Å². The van der Waals surface area contributed by atoms with E-state index in [9.17, 15) is 28.5 Å². The number of amides is 1. The summed E-state index contributed by atoms with van der Waals surface area (Å²) in [5.74, 6) is 1.52. The maximum absolute atomic E-state index is 12.7. The molecule has 4 aliphatic carbocycles. The van der Waals surface area contributed by atoms with E-state index in [1.165, 1.54) is 0 Å². The Bertz CT molecular complexity index is 1050. The van der Waals surface area contributed by atoms with Crippen LogP contribution in [-0.2, 0) is 14.9 Å². The number of carbonyl (C=O) groups excluding carboxylic acids is 1. The lowest BCUT2D eigenvalue weighted by molar-refractivity contribution is -0.890. The van der Waals surface area contributed by atoms with Gasteiger partial charge in [0, 0.05) is 25.8 Å². The fourth-order valence-corrected chi connectivity index (χ4v) is 10.8. The zero-order chi connectivity index (χ0) is 31.1. The van der Waals surface area contributed by atoms with Crippen LogP contribution in [0.15, 0.2) is 0 Å². The molecule has 4 aliphatic rings. The minimum atomic E-state index is -3.93. The van der Waals surface area contributed by atoms with E-state index in [0.29, 0.717) is 48.2 Å². The van der Waals surface area contributed by atoms with Crippen LogP contribution in [0.2, 0.25) is 0 Å². The summed E-state index contributed by atoms with van der Waals surface area (Å²) in [6.07, 6.45) is 7.47. The Labute approximate surface area is 254 Å². The van der Waals surface area contributed by atoms with Crippen molar-refractivity contribution in [3.8, 4) is 0 Å². The van der Waals surface area contributed by atoms with E-state index >= 15 is 0 Å². The number of nitrogens with one attached hydrogen (secondary N) is 1. The van der Waals surface area contributed by atoms with Gasteiger partial charge in [0.15, 0.2) is 0 Å². The number of hydrogen-bond donors (Lipinski definition) is 5. The highest BCUT2D eigenvalue weighted by Crippen LogP contribution is 2.68. The van der Waals surface area contributed by atoms with E-state index < -0.39 is 16.2 Å². The molecule has 9 nitrogen and oxygen atoms in total. The van der Waals surface area contributed by atoms with Crippen LogP contribution in [0.4, 0.5) is 0 Å². The highest BCUT2D eigenvalue weighted by atomic mass is 32.2. The molecule has 0 spiro atoms. The highest BCUT2D eigenvalue weighted by Gasteiger charge is 2.65. The Kier molecular flexibility index (Phi) is 10.5. The monoisotopic (exact) mass is 615 g/mol. The molecule has 0 radical (unpaired) electrons. The number of fused-ring (bicyclic) bond motifs is 5. The van der Waals surface area contributed by atoms with Gasteiger partial charge >= 0.3 is 0 Å². The minimum absolute atomic E-state index is 0.0450. The van der Waals surface area contributed by atoms with Crippen molar-refractivity contribution in [3.05, 3.63) is 0 Å². The number of carbonyl (C=O) groups is 1. The van der Waals surface area contributed by atoms with Gasteiger partial charge in [0.25, 0.3) is 10.1 Å². The summed E-state index contributed by atoms with van der Waals surface area (Å²) in [6, 6.07) is 0. The number of rotatable bonds is 12. The Morgan fingerprint density at radius 2 is 1.69 bits per heavy atom. The van der Waals surface area contributed by atoms with Crippen LogP contribution < -0.4 is 5.32 Å². The van der Waals surface area contributed by atoms with Crippen molar-refractivity contribution in [3.63, 3.8) is 0 Å². The van der Waals surface area contributed by atoms with Crippen LogP contribution in [0.1, 0.15) is 91.4 Å². The average Bonchev–Trinajstić information content (AvgIpc) is 3.24.